The van der Waals surface area contributed by atoms with E-state index in [-0.39, 0.29) is 11.4 Å². The number of esters is 1. The van der Waals surface area contributed by atoms with Gasteiger partial charge in [0.1, 0.15) is 0 Å². The van der Waals surface area contributed by atoms with E-state index in [1.165, 1.54) is 24.9 Å². The molecule has 86 valence electrons. The Bertz CT molecular complexity index is 287. The second-order valence-electron chi connectivity index (χ2n) is 3.99. The van der Waals surface area contributed by atoms with Crippen molar-refractivity contribution in [3.63, 3.8) is 0 Å². The molecule has 0 aliphatic rings. The van der Waals surface area contributed by atoms with Gasteiger partial charge in [0.25, 0.3) is 0 Å². The third kappa shape index (κ3) is 5.28. The first kappa shape index (κ1) is 14.6. The Labute approximate surface area is 101 Å². The number of ether oxygens (including phenoxy) is 1. The second-order valence-corrected chi connectivity index (χ2v) is 5.21. The van der Waals surface area contributed by atoms with E-state index in [0.29, 0.717) is 0 Å². The zero-order valence-corrected chi connectivity index (χ0v) is 11.3. The largest absolute Gasteiger partial charge is 0.466 e. The van der Waals surface area contributed by atoms with Crippen LogP contribution in [0.1, 0.15) is 20.8 Å². The molecule has 0 heterocycles. The van der Waals surface area contributed by atoms with Crippen molar-refractivity contribution in [3.05, 3.63) is 22.1 Å². The molecule has 2 nitrogen and oxygen atoms in total. The predicted octanol–water partition coefficient (Wildman–Crippen LogP) is 3.58. The smallest absolute Gasteiger partial charge is 0.330 e. The van der Waals surface area contributed by atoms with Crippen LogP contribution in [0, 0.1) is 5.41 Å². The molecule has 0 aromatic carbocycles. The zero-order valence-electron chi connectivity index (χ0n) is 9.76. The van der Waals surface area contributed by atoms with Crippen molar-refractivity contribution in [1.82, 2.24) is 0 Å². The van der Waals surface area contributed by atoms with Crippen molar-refractivity contribution in [3.8, 4) is 0 Å². The maximum absolute atomic E-state index is 10.9. The highest BCUT2D eigenvalue weighted by molar-refractivity contribution is 8.02. The lowest BCUT2D eigenvalue weighted by atomic mass is 9.96. The van der Waals surface area contributed by atoms with Gasteiger partial charge in [0.05, 0.1) is 7.11 Å². The Morgan fingerprint density at radius 2 is 1.87 bits per heavy atom. The van der Waals surface area contributed by atoms with Crippen LogP contribution in [0.2, 0.25) is 0 Å². The maximum atomic E-state index is 10.9. The fourth-order valence-electron chi connectivity index (χ4n) is 0.812. The van der Waals surface area contributed by atoms with E-state index in [1.54, 1.807) is 6.08 Å². The van der Waals surface area contributed by atoms with Crippen molar-refractivity contribution < 1.29 is 9.53 Å². The number of rotatable bonds is 3. The molecule has 0 rings (SSSR count). The standard InChI is InChI=1S/C11H17ClO2S/c1-11(2,3)10(12)8(15-5)6-7-9(13)14-4/h6-7H,1-5H3/b7-6+,10-8+. The van der Waals surface area contributed by atoms with E-state index in [9.17, 15) is 4.79 Å². The number of carbonyl (C=O) groups is 1. The molecule has 0 amide bonds. The molecule has 15 heavy (non-hydrogen) atoms. The maximum Gasteiger partial charge on any atom is 0.330 e. The van der Waals surface area contributed by atoms with Crippen molar-refractivity contribution in [2.45, 2.75) is 20.8 Å². The molecule has 0 spiro atoms. The van der Waals surface area contributed by atoms with E-state index in [1.807, 2.05) is 27.0 Å². The molecule has 0 aromatic heterocycles. The van der Waals surface area contributed by atoms with Gasteiger partial charge >= 0.3 is 5.97 Å². The van der Waals surface area contributed by atoms with E-state index in [4.69, 9.17) is 11.6 Å². The minimum atomic E-state index is -0.375. The van der Waals surface area contributed by atoms with Crippen LogP contribution in [0.3, 0.4) is 0 Å². The summed E-state index contributed by atoms with van der Waals surface area (Å²) < 4.78 is 4.51. The summed E-state index contributed by atoms with van der Waals surface area (Å²) in [4.78, 5) is 11.8. The van der Waals surface area contributed by atoms with Crippen LogP contribution < -0.4 is 0 Å². The molecule has 4 heteroatoms. The van der Waals surface area contributed by atoms with Gasteiger partial charge in [-0.15, -0.1) is 11.8 Å². The van der Waals surface area contributed by atoms with E-state index >= 15 is 0 Å². The van der Waals surface area contributed by atoms with Crippen LogP contribution in [-0.2, 0) is 9.53 Å². The number of carbonyl (C=O) groups excluding carboxylic acids is 1. The van der Waals surface area contributed by atoms with Gasteiger partial charge in [-0.05, 0) is 17.7 Å². The zero-order chi connectivity index (χ0) is 12.1. The monoisotopic (exact) mass is 248 g/mol. The summed E-state index contributed by atoms with van der Waals surface area (Å²) in [6.07, 6.45) is 4.98. The van der Waals surface area contributed by atoms with Gasteiger partial charge in [0, 0.05) is 16.0 Å². The Hall–Kier alpha value is -0.410. The number of allylic oxidation sites excluding steroid dienone is 2. The normalized spacial score (nSPS) is 14.0. The number of hydrogen-bond acceptors (Lipinski definition) is 3. The highest BCUT2D eigenvalue weighted by Gasteiger charge is 2.18. The van der Waals surface area contributed by atoms with Gasteiger partial charge in [0.2, 0.25) is 0 Å². The average Bonchev–Trinajstić information content (AvgIpc) is 2.16. The molecule has 0 saturated carbocycles. The Kier molecular flexibility index (Phi) is 6.06. The molecule has 0 N–H and O–H groups in total. The predicted molar refractivity (Wildman–Crippen MR) is 67.0 cm³/mol. The lowest BCUT2D eigenvalue weighted by Gasteiger charge is -2.19. The number of halogens is 1. The third-order valence-corrected chi connectivity index (χ3v) is 3.33. The summed E-state index contributed by atoms with van der Waals surface area (Å²) in [5, 5.41) is 0.746. The summed E-state index contributed by atoms with van der Waals surface area (Å²) in [6.45, 7) is 6.08. The number of methoxy groups -OCH3 is 1. The first-order chi connectivity index (χ1) is 6.82. The molecule has 0 radical (unpaired) electrons. The second kappa shape index (κ2) is 6.23. The minimum absolute atomic E-state index is 0.111. The minimum Gasteiger partial charge on any atom is -0.466 e. The van der Waals surface area contributed by atoms with Gasteiger partial charge in [-0.1, -0.05) is 32.4 Å². The molecule has 0 atom stereocenters. The summed E-state index contributed by atoms with van der Waals surface area (Å²) in [6, 6.07) is 0. The quantitative estimate of drug-likeness (QED) is 0.434. The van der Waals surface area contributed by atoms with Crippen molar-refractivity contribution >= 4 is 29.3 Å². The molecule has 0 fully saturated rings. The van der Waals surface area contributed by atoms with Crippen LogP contribution in [0.25, 0.3) is 0 Å². The molecule has 0 saturated heterocycles. The summed E-state index contributed by atoms with van der Waals surface area (Å²) in [7, 11) is 1.35. The Balaban J connectivity index is 4.92. The van der Waals surface area contributed by atoms with Crippen LogP contribution in [0.5, 0.6) is 0 Å². The van der Waals surface area contributed by atoms with Crippen molar-refractivity contribution in [2.75, 3.05) is 13.4 Å². The van der Waals surface area contributed by atoms with Gasteiger partial charge in [0.15, 0.2) is 0 Å². The average molecular weight is 249 g/mol. The van der Waals surface area contributed by atoms with E-state index < -0.39 is 0 Å². The van der Waals surface area contributed by atoms with Gasteiger partial charge in [-0.2, -0.15) is 0 Å². The number of hydrogen-bond donors (Lipinski definition) is 0. The molecular formula is C11H17ClO2S. The molecule has 0 unspecified atom stereocenters. The van der Waals surface area contributed by atoms with Gasteiger partial charge in [-0.3, -0.25) is 0 Å². The van der Waals surface area contributed by atoms with E-state index in [0.717, 1.165) is 9.94 Å². The van der Waals surface area contributed by atoms with Crippen LogP contribution >= 0.6 is 23.4 Å². The highest BCUT2D eigenvalue weighted by Crippen LogP contribution is 2.35. The van der Waals surface area contributed by atoms with Crippen LogP contribution in [0.15, 0.2) is 22.1 Å². The summed E-state index contributed by atoms with van der Waals surface area (Å²) in [5.41, 5.74) is -0.111. The first-order valence-electron chi connectivity index (χ1n) is 4.53. The topological polar surface area (TPSA) is 26.3 Å². The molecule has 0 aromatic rings. The SMILES string of the molecule is COC(=O)/C=C/C(SC)=C(\Cl)C(C)(C)C. The van der Waals surface area contributed by atoms with E-state index in [2.05, 4.69) is 4.74 Å². The van der Waals surface area contributed by atoms with Crippen molar-refractivity contribution in [2.24, 2.45) is 5.41 Å². The van der Waals surface area contributed by atoms with Crippen LogP contribution in [0.4, 0.5) is 0 Å². The Morgan fingerprint density at radius 3 is 2.20 bits per heavy atom. The van der Waals surface area contributed by atoms with Crippen molar-refractivity contribution in [1.29, 1.82) is 0 Å². The van der Waals surface area contributed by atoms with Gasteiger partial charge in [-0.25, -0.2) is 4.79 Å². The molecular weight excluding hydrogens is 232 g/mol. The molecule has 0 bridgehead atoms. The molecule has 0 aliphatic carbocycles. The number of thioether (sulfide) groups is 1. The Morgan fingerprint density at radius 1 is 1.33 bits per heavy atom. The molecule has 0 aliphatic heterocycles. The lowest BCUT2D eigenvalue weighted by molar-refractivity contribution is -0.134. The van der Waals surface area contributed by atoms with Crippen LogP contribution in [-0.4, -0.2) is 19.3 Å². The first-order valence-corrected chi connectivity index (χ1v) is 6.13. The lowest BCUT2D eigenvalue weighted by Crippen LogP contribution is -2.06. The third-order valence-electron chi connectivity index (χ3n) is 1.67. The fraction of sp³-hybridized carbons (Fsp3) is 0.545. The van der Waals surface area contributed by atoms with Gasteiger partial charge < -0.3 is 4.74 Å². The summed E-state index contributed by atoms with van der Waals surface area (Å²) >= 11 is 7.72. The highest BCUT2D eigenvalue weighted by atomic mass is 35.5. The summed E-state index contributed by atoms with van der Waals surface area (Å²) in [5.74, 6) is -0.375. The fourth-order valence-corrected chi connectivity index (χ4v) is 1.80.